The summed E-state index contributed by atoms with van der Waals surface area (Å²) in [5, 5.41) is 40.6. The quantitative estimate of drug-likeness (QED) is 0.0392. The van der Waals surface area contributed by atoms with Gasteiger partial charge in [-0.3, -0.25) is 50.0 Å². The highest BCUT2D eigenvalue weighted by Gasteiger charge is 2.47. The van der Waals surface area contributed by atoms with Crippen molar-refractivity contribution < 1.29 is 63.3 Å². The van der Waals surface area contributed by atoms with Crippen LogP contribution in [0.4, 0.5) is 0 Å². The minimum atomic E-state index is -1.84. The lowest BCUT2D eigenvalue weighted by Gasteiger charge is -2.37. The highest BCUT2D eigenvalue weighted by atomic mass is 16.5. The molecular formula is C51H68N14O11+2. The Labute approximate surface area is 437 Å². The Hall–Kier alpha value is -8.00. The second-order valence-electron chi connectivity index (χ2n) is 19.5. The number of nitrogens with two attached hydrogens (primary N) is 5. The first-order valence-corrected chi connectivity index (χ1v) is 25.2. The van der Waals surface area contributed by atoms with Gasteiger partial charge in [0, 0.05) is 18.5 Å². The molecule has 7 aliphatic rings. The zero-order valence-electron chi connectivity index (χ0n) is 41.8. The number of rotatable bonds is 17. The third kappa shape index (κ3) is 13.4. The molecule has 13 atom stereocenters. The second kappa shape index (κ2) is 25.0. The number of nitrogens with one attached hydrogen (secondary N) is 9. The van der Waals surface area contributed by atoms with Gasteiger partial charge in [0.1, 0.15) is 48.5 Å². The van der Waals surface area contributed by atoms with Crippen LogP contribution in [0.25, 0.3) is 0 Å². The van der Waals surface area contributed by atoms with Gasteiger partial charge < -0.3 is 69.4 Å². The van der Waals surface area contributed by atoms with E-state index in [1.165, 1.54) is 6.92 Å². The maximum absolute atomic E-state index is 15.1. The number of hydrogen-bond acceptors (Lipinski definition) is 13. The Kier molecular flexibility index (Phi) is 18.4. The molecule has 1 aromatic carbocycles. The monoisotopic (exact) mass is 1050 g/mol. The fraction of sp³-hybridized carbons (Fsp3) is 0.451. The standard InChI is InChI=1S/C51H66N14O11/c1-24(66)39-47(71)64-41(48(72)60-33(12-7-17-57-51(55)56)45(69)62-36(50(74)75)18-25-8-3-2-4-9-25)28(11-6-16-52)26-14-15-30-31(23-58-34(30)20-26)43-42(49(73)63-39)65-46(70)35(21-38(54)67)61-44(68)32(53)19-27-22-59-40-29(27)10-5-13-37(40)76-43/h2-5,8-10,13-15,20,22-24,26,28,32-33,35-37,39-43,59,66H,6-7,11-12,16-19,21,52-53H2,1H3,(H2,54,67)(H,60,72)(H,61,68)(H,62,69)(H,63,73)(H,64,71)(H,65,70)(H,74,75)(H4,55,56,57)/p+2/t24-,26-,28+,32+,33+,35+,36+,37-,39+,40?,41+,42+,43-/m1/s1. The number of allylic oxidation sites excluding steroid dienone is 5. The molecule has 406 valence electrons. The van der Waals surface area contributed by atoms with Gasteiger partial charge in [0.15, 0.2) is 6.21 Å². The van der Waals surface area contributed by atoms with Gasteiger partial charge in [-0.2, -0.15) is 0 Å². The zero-order valence-corrected chi connectivity index (χ0v) is 41.8. The molecular weight excluding hydrogens is 985 g/mol. The number of primary amides is 1. The molecule has 5 heterocycles. The highest BCUT2D eigenvalue weighted by Crippen LogP contribution is 2.36. The van der Waals surface area contributed by atoms with Gasteiger partial charge in [0.2, 0.25) is 47.0 Å². The number of carbonyl (C=O) groups is 8. The number of aliphatic hydroxyl groups is 1. The number of fused-ring (bicyclic) bond motifs is 6. The van der Waals surface area contributed by atoms with E-state index in [0.29, 0.717) is 34.4 Å². The van der Waals surface area contributed by atoms with Crippen LogP contribution >= 0.6 is 0 Å². The van der Waals surface area contributed by atoms with Crippen LogP contribution in [0.15, 0.2) is 101 Å². The summed E-state index contributed by atoms with van der Waals surface area (Å²) in [7, 11) is 0. The summed E-state index contributed by atoms with van der Waals surface area (Å²) in [4.78, 5) is 118. The lowest BCUT2D eigenvalue weighted by atomic mass is 9.78. The van der Waals surface area contributed by atoms with Crippen LogP contribution in [-0.2, 0) is 49.5 Å². The van der Waals surface area contributed by atoms with E-state index in [4.69, 9.17) is 33.4 Å². The van der Waals surface area contributed by atoms with Gasteiger partial charge in [-0.25, -0.2) is 9.79 Å². The van der Waals surface area contributed by atoms with Crippen molar-refractivity contribution in [2.75, 3.05) is 13.1 Å². The van der Waals surface area contributed by atoms with Gasteiger partial charge in [-0.1, -0.05) is 60.7 Å². The first-order valence-electron chi connectivity index (χ1n) is 25.2. The van der Waals surface area contributed by atoms with Crippen molar-refractivity contribution in [2.45, 2.75) is 119 Å². The van der Waals surface area contributed by atoms with E-state index in [9.17, 15) is 39.0 Å². The van der Waals surface area contributed by atoms with Crippen LogP contribution in [-0.4, -0.2) is 149 Å². The SMILES string of the molecule is C[C@@H](O)[C@@H]1NC(=O)[C@H]2NC(=O)[C@H](CC(N)=O)NC(=O)[C@@H](N)CC3=CNC4C3=CC=C[C@H]4O[C@@H]2C2=C3C=C[C@H](C=C3[NH+]=C2)[C@H](CCCN)[C@@H](C(=O)N[C@@H](CCC[NH+]=C(N)N)C(=O)N[C@@H](Cc2ccccc2)C(=O)O)NC1=O. The van der Waals surface area contributed by atoms with Crippen LogP contribution in [0.3, 0.4) is 0 Å². The smallest absolute Gasteiger partial charge is 0.338 e. The van der Waals surface area contributed by atoms with Gasteiger partial charge in [0.05, 0.1) is 42.3 Å². The number of ether oxygens (including phenoxy) is 1. The Morgan fingerprint density at radius 3 is 2.38 bits per heavy atom. The van der Waals surface area contributed by atoms with Crippen LogP contribution in [0.2, 0.25) is 0 Å². The number of carboxylic acid groups (broad SMARTS) is 1. The highest BCUT2D eigenvalue weighted by molar-refractivity contribution is 5.99. The predicted octanol–water partition coefficient (Wildman–Crippen LogP) is -7.65. The van der Waals surface area contributed by atoms with Crippen LogP contribution in [0, 0.1) is 11.8 Å². The molecule has 1 unspecified atom stereocenters. The van der Waals surface area contributed by atoms with E-state index >= 15 is 9.59 Å². The Bertz CT molecular complexity index is 2690. The van der Waals surface area contributed by atoms with Crippen LogP contribution in [0.5, 0.6) is 0 Å². The number of aliphatic hydroxyl groups excluding tert-OH is 1. The molecule has 8 rings (SSSR count). The lowest BCUT2D eigenvalue weighted by molar-refractivity contribution is -0.459. The third-order valence-corrected chi connectivity index (χ3v) is 14.0. The topological polar surface area (TPSA) is 428 Å². The van der Waals surface area contributed by atoms with Crippen molar-refractivity contribution in [2.24, 2.45) is 40.5 Å². The number of guanidine groups is 1. The minimum Gasteiger partial charge on any atom is -0.480 e. The van der Waals surface area contributed by atoms with Crippen molar-refractivity contribution >= 4 is 59.5 Å². The average molecular weight is 1050 g/mol. The lowest BCUT2D eigenvalue weighted by Crippen LogP contribution is -2.78. The molecule has 0 saturated carbocycles. The number of aliphatic carboxylic acids is 1. The molecule has 5 aliphatic heterocycles. The van der Waals surface area contributed by atoms with Crippen molar-refractivity contribution in [3.63, 3.8) is 0 Å². The van der Waals surface area contributed by atoms with Gasteiger partial charge >= 0.3 is 11.9 Å². The van der Waals surface area contributed by atoms with Crippen molar-refractivity contribution in [3.05, 3.63) is 107 Å². The fourth-order valence-electron chi connectivity index (χ4n) is 10.1. The van der Waals surface area contributed by atoms with E-state index in [2.05, 4.69) is 47.2 Å². The molecule has 1 saturated heterocycles. The molecule has 25 nitrogen and oxygen atoms in total. The summed E-state index contributed by atoms with van der Waals surface area (Å²) in [5.41, 5.74) is 32.6. The maximum Gasteiger partial charge on any atom is 0.338 e. The summed E-state index contributed by atoms with van der Waals surface area (Å²) in [5.74, 6) is -9.49. The van der Waals surface area contributed by atoms with Gasteiger partial charge in [-0.05, 0) is 74.3 Å². The number of carboxylic acids is 1. The van der Waals surface area contributed by atoms with E-state index < -0.39 is 132 Å². The van der Waals surface area contributed by atoms with Crippen LogP contribution in [0.1, 0.15) is 51.0 Å². The van der Waals surface area contributed by atoms with E-state index in [1.54, 1.807) is 67.1 Å². The molecule has 0 aromatic heterocycles. The predicted molar refractivity (Wildman–Crippen MR) is 273 cm³/mol. The summed E-state index contributed by atoms with van der Waals surface area (Å²) in [6.45, 7) is 1.57. The Morgan fingerprint density at radius 2 is 1.68 bits per heavy atom. The molecule has 25 heteroatoms. The largest absolute Gasteiger partial charge is 0.480 e. The number of amides is 7. The summed E-state index contributed by atoms with van der Waals surface area (Å²) < 4.78 is 6.93. The Morgan fingerprint density at radius 1 is 0.921 bits per heavy atom. The first kappa shape index (κ1) is 55.7. The molecule has 1 aromatic rings. The molecule has 0 radical (unpaired) electrons. The third-order valence-electron chi connectivity index (χ3n) is 14.0. The van der Waals surface area contributed by atoms with E-state index in [0.717, 1.165) is 5.57 Å². The van der Waals surface area contributed by atoms with Crippen LogP contribution < -0.4 is 75.9 Å². The molecule has 21 N–H and O–H groups in total. The van der Waals surface area contributed by atoms with E-state index in [1.807, 2.05) is 12.2 Å². The molecule has 8 bridgehead atoms. The van der Waals surface area contributed by atoms with Gasteiger partial charge in [0.25, 0.3) is 0 Å². The van der Waals surface area contributed by atoms with E-state index in [-0.39, 0.29) is 51.2 Å². The van der Waals surface area contributed by atoms with Crippen molar-refractivity contribution in [1.29, 1.82) is 0 Å². The maximum atomic E-state index is 15.1. The molecule has 0 spiro atoms. The molecule has 76 heavy (non-hydrogen) atoms. The number of carbonyl (C=O) groups excluding carboxylic acids is 7. The second-order valence-corrected chi connectivity index (χ2v) is 19.5. The fourth-order valence-corrected chi connectivity index (χ4v) is 10.1. The summed E-state index contributed by atoms with van der Waals surface area (Å²) in [6.07, 6.45) is 10.1. The molecule has 1 fully saturated rings. The summed E-state index contributed by atoms with van der Waals surface area (Å²) >= 11 is 0. The van der Waals surface area contributed by atoms with Gasteiger partial charge in [-0.15, -0.1) is 0 Å². The number of benzene rings is 1. The average Bonchev–Trinajstić information content (AvgIpc) is 4.00. The van der Waals surface area contributed by atoms with Crippen molar-refractivity contribution in [1.82, 2.24) is 37.2 Å². The minimum absolute atomic E-state index is 0.0476. The first-order chi connectivity index (χ1) is 36.3. The summed E-state index contributed by atoms with van der Waals surface area (Å²) in [6, 6.07) is -2.68. The number of hydrogen-bond donors (Lipinski definition) is 16. The molecule has 2 aliphatic carbocycles. The zero-order chi connectivity index (χ0) is 54.8. The van der Waals surface area contributed by atoms with Crippen molar-refractivity contribution in [3.8, 4) is 0 Å². The normalized spacial score (nSPS) is 28.2. The molecule has 7 amide bonds. The Balaban J connectivity index is 1.30.